The number of benzene rings is 1. The molecule has 0 amide bonds. The monoisotopic (exact) mass is 295 g/mol. The van der Waals surface area contributed by atoms with Crippen molar-refractivity contribution in [3.05, 3.63) is 44.6 Å². The van der Waals surface area contributed by atoms with Crippen molar-refractivity contribution in [2.75, 3.05) is 7.05 Å². The summed E-state index contributed by atoms with van der Waals surface area (Å²) in [6.07, 6.45) is 0. The first-order valence-electron chi connectivity index (χ1n) is 5.18. The van der Waals surface area contributed by atoms with Crippen LogP contribution in [0.15, 0.2) is 33.4 Å². The SMILES string of the molecule is CNCc1ccc(-c2cscc2Br)c(C)c1. The van der Waals surface area contributed by atoms with Crippen LogP contribution in [0.25, 0.3) is 11.1 Å². The summed E-state index contributed by atoms with van der Waals surface area (Å²) < 4.78 is 1.18. The van der Waals surface area contributed by atoms with Crippen LogP contribution in [-0.4, -0.2) is 7.05 Å². The highest BCUT2D eigenvalue weighted by molar-refractivity contribution is 9.10. The first-order valence-corrected chi connectivity index (χ1v) is 6.92. The molecule has 0 aliphatic rings. The van der Waals surface area contributed by atoms with Crippen LogP contribution in [0, 0.1) is 6.92 Å². The van der Waals surface area contributed by atoms with Gasteiger partial charge in [0.1, 0.15) is 0 Å². The zero-order valence-electron chi connectivity index (χ0n) is 9.38. The highest BCUT2D eigenvalue weighted by Crippen LogP contribution is 2.33. The van der Waals surface area contributed by atoms with E-state index in [1.165, 1.54) is 26.7 Å². The van der Waals surface area contributed by atoms with Gasteiger partial charge in [-0.05, 0) is 52.0 Å². The van der Waals surface area contributed by atoms with Crippen molar-refractivity contribution in [1.29, 1.82) is 0 Å². The number of halogens is 1. The highest BCUT2D eigenvalue weighted by Gasteiger charge is 2.07. The largest absolute Gasteiger partial charge is 0.316 e. The van der Waals surface area contributed by atoms with E-state index >= 15 is 0 Å². The van der Waals surface area contributed by atoms with Gasteiger partial charge in [-0.25, -0.2) is 0 Å². The van der Waals surface area contributed by atoms with E-state index in [-0.39, 0.29) is 0 Å². The number of thiophene rings is 1. The average Bonchev–Trinajstić information content (AvgIpc) is 2.65. The second-order valence-corrected chi connectivity index (χ2v) is 5.41. The molecular formula is C13H14BrNS. The molecule has 0 atom stereocenters. The zero-order valence-corrected chi connectivity index (χ0v) is 11.8. The molecule has 0 aliphatic heterocycles. The van der Waals surface area contributed by atoms with Gasteiger partial charge in [0, 0.05) is 22.0 Å². The third-order valence-electron chi connectivity index (χ3n) is 2.58. The molecule has 0 bridgehead atoms. The number of rotatable bonds is 3. The lowest BCUT2D eigenvalue weighted by molar-refractivity contribution is 0.817. The van der Waals surface area contributed by atoms with Gasteiger partial charge in [0.25, 0.3) is 0 Å². The molecule has 0 fully saturated rings. The summed E-state index contributed by atoms with van der Waals surface area (Å²) in [5, 5.41) is 7.48. The lowest BCUT2D eigenvalue weighted by atomic mass is 10.0. The summed E-state index contributed by atoms with van der Waals surface area (Å²) in [6, 6.07) is 6.63. The van der Waals surface area contributed by atoms with Gasteiger partial charge < -0.3 is 5.32 Å². The molecule has 0 unspecified atom stereocenters. The third kappa shape index (κ3) is 2.37. The van der Waals surface area contributed by atoms with Crippen molar-refractivity contribution < 1.29 is 0 Å². The summed E-state index contributed by atoms with van der Waals surface area (Å²) in [6.45, 7) is 3.09. The molecule has 0 radical (unpaired) electrons. The Balaban J connectivity index is 2.40. The van der Waals surface area contributed by atoms with Crippen LogP contribution >= 0.6 is 27.3 Å². The summed E-state index contributed by atoms with van der Waals surface area (Å²) in [4.78, 5) is 0. The van der Waals surface area contributed by atoms with Gasteiger partial charge in [0.15, 0.2) is 0 Å². The maximum atomic E-state index is 3.58. The first kappa shape index (κ1) is 11.8. The van der Waals surface area contributed by atoms with Crippen LogP contribution in [0.2, 0.25) is 0 Å². The fourth-order valence-electron chi connectivity index (χ4n) is 1.82. The predicted molar refractivity (Wildman–Crippen MR) is 75.0 cm³/mol. The molecule has 16 heavy (non-hydrogen) atoms. The molecule has 1 aromatic carbocycles. The Kier molecular flexibility index (Phi) is 3.79. The Morgan fingerprint density at radius 3 is 2.62 bits per heavy atom. The minimum absolute atomic E-state index is 0.923. The fourth-order valence-corrected chi connectivity index (χ4v) is 3.32. The van der Waals surface area contributed by atoms with Crippen molar-refractivity contribution in [2.45, 2.75) is 13.5 Å². The van der Waals surface area contributed by atoms with E-state index in [0.29, 0.717) is 0 Å². The first-order chi connectivity index (χ1) is 7.72. The standard InChI is InChI=1S/C13H14BrNS/c1-9-5-10(6-15-2)3-4-11(9)12-7-16-8-13(12)14/h3-5,7-8,15H,6H2,1-2H3. The Morgan fingerprint density at radius 2 is 2.06 bits per heavy atom. The van der Waals surface area contributed by atoms with Gasteiger partial charge in [0.2, 0.25) is 0 Å². The van der Waals surface area contributed by atoms with Crippen LogP contribution < -0.4 is 5.32 Å². The van der Waals surface area contributed by atoms with Crippen molar-refractivity contribution in [3.63, 3.8) is 0 Å². The number of aryl methyl sites for hydroxylation is 1. The maximum absolute atomic E-state index is 3.58. The van der Waals surface area contributed by atoms with E-state index in [0.717, 1.165) is 6.54 Å². The van der Waals surface area contributed by atoms with Gasteiger partial charge in [0.05, 0.1) is 0 Å². The summed E-state index contributed by atoms with van der Waals surface area (Å²) >= 11 is 5.31. The summed E-state index contributed by atoms with van der Waals surface area (Å²) in [7, 11) is 1.97. The van der Waals surface area contributed by atoms with Crippen molar-refractivity contribution in [3.8, 4) is 11.1 Å². The molecule has 84 valence electrons. The highest BCUT2D eigenvalue weighted by atomic mass is 79.9. The summed E-state index contributed by atoms with van der Waals surface area (Å²) in [5.41, 5.74) is 5.26. The van der Waals surface area contributed by atoms with Gasteiger partial charge in [-0.2, -0.15) is 11.3 Å². The van der Waals surface area contributed by atoms with Gasteiger partial charge in [-0.3, -0.25) is 0 Å². The van der Waals surface area contributed by atoms with Crippen LogP contribution in [-0.2, 0) is 6.54 Å². The van der Waals surface area contributed by atoms with Crippen LogP contribution in [0.3, 0.4) is 0 Å². The molecule has 0 spiro atoms. The van der Waals surface area contributed by atoms with E-state index in [1.807, 2.05) is 7.05 Å². The quantitative estimate of drug-likeness (QED) is 0.895. The summed E-state index contributed by atoms with van der Waals surface area (Å²) in [5.74, 6) is 0. The van der Waals surface area contributed by atoms with E-state index in [2.05, 4.69) is 57.1 Å². The second-order valence-electron chi connectivity index (χ2n) is 3.81. The molecule has 0 saturated carbocycles. The maximum Gasteiger partial charge on any atom is 0.0360 e. The molecule has 0 saturated heterocycles. The number of hydrogen-bond donors (Lipinski definition) is 1. The Bertz CT molecular complexity index is 490. The zero-order chi connectivity index (χ0) is 11.5. The molecule has 2 aromatic rings. The second kappa shape index (κ2) is 5.13. The Morgan fingerprint density at radius 1 is 1.25 bits per heavy atom. The third-order valence-corrected chi connectivity index (χ3v) is 4.28. The molecular weight excluding hydrogens is 282 g/mol. The van der Waals surface area contributed by atoms with Crippen LogP contribution in [0.4, 0.5) is 0 Å². The van der Waals surface area contributed by atoms with Crippen LogP contribution in [0.5, 0.6) is 0 Å². The van der Waals surface area contributed by atoms with Crippen LogP contribution in [0.1, 0.15) is 11.1 Å². The van der Waals surface area contributed by atoms with Gasteiger partial charge >= 0.3 is 0 Å². The lowest BCUT2D eigenvalue weighted by Crippen LogP contribution is -2.05. The molecule has 1 N–H and O–H groups in total. The minimum Gasteiger partial charge on any atom is -0.316 e. The molecule has 1 aromatic heterocycles. The van der Waals surface area contributed by atoms with Gasteiger partial charge in [-0.15, -0.1) is 0 Å². The number of nitrogens with one attached hydrogen (secondary N) is 1. The average molecular weight is 296 g/mol. The molecule has 0 aliphatic carbocycles. The Labute approximate surface area is 109 Å². The van der Waals surface area contributed by atoms with E-state index < -0.39 is 0 Å². The van der Waals surface area contributed by atoms with Crippen molar-refractivity contribution in [1.82, 2.24) is 5.32 Å². The van der Waals surface area contributed by atoms with Crippen molar-refractivity contribution in [2.24, 2.45) is 0 Å². The molecule has 1 heterocycles. The fraction of sp³-hybridized carbons (Fsp3) is 0.231. The lowest BCUT2D eigenvalue weighted by Gasteiger charge is -2.08. The van der Waals surface area contributed by atoms with Gasteiger partial charge in [-0.1, -0.05) is 18.2 Å². The smallest absolute Gasteiger partial charge is 0.0360 e. The molecule has 1 nitrogen and oxygen atoms in total. The van der Waals surface area contributed by atoms with E-state index in [9.17, 15) is 0 Å². The Hall–Kier alpha value is -0.640. The normalized spacial score (nSPS) is 10.7. The van der Waals surface area contributed by atoms with E-state index in [4.69, 9.17) is 0 Å². The topological polar surface area (TPSA) is 12.0 Å². The minimum atomic E-state index is 0.923. The van der Waals surface area contributed by atoms with Crippen molar-refractivity contribution >= 4 is 27.3 Å². The molecule has 2 rings (SSSR count). The van der Waals surface area contributed by atoms with E-state index in [1.54, 1.807) is 11.3 Å². The molecule has 3 heteroatoms. The number of hydrogen-bond acceptors (Lipinski definition) is 2. The predicted octanol–water partition coefficient (Wildman–Crippen LogP) is 4.21.